The molecule has 0 saturated carbocycles. The van der Waals surface area contributed by atoms with E-state index in [1.165, 1.54) is 4.31 Å². The number of rotatable bonds is 4. The number of hydrogen-bond donors (Lipinski definition) is 0. The highest BCUT2D eigenvalue weighted by Gasteiger charge is 2.30. The van der Waals surface area contributed by atoms with Crippen molar-refractivity contribution in [3.8, 4) is 0 Å². The molecule has 3 rings (SSSR count). The van der Waals surface area contributed by atoms with E-state index in [1.807, 2.05) is 36.9 Å². The largest absolute Gasteiger partial charge is 0.363 e. The average molecular weight is 397 g/mol. The molecule has 0 radical (unpaired) electrons. The summed E-state index contributed by atoms with van der Waals surface area (Å²) in [5, 5.41) is 0. The smallest absolute Gasteiger partial charge is 0.243 e. The fourth-order valence-electron chi connectivity index (χ4n) is 2.86. The molecule has 10 heteroatoms. The van der Waals surface area contributed by atoms with Gasteiger partial charge in [-0.25, -0.2) is 22.2 Å². The van der Waals surface area contributed by atoms with Crippen molar-refractivity contribution in [2.45, 2.75) is 11.8 Å². The molecule has 0 aliphatic carbocycles. The Balaban J connectivity index is 1.77. The van der Waals surface area contributed by atoms with Gasteiger partial charge < -0.3 is 9.80 Å². The van der Waals surface area contributed by atoms with Crippen LogP contribution in [0.15, 0.2) is 29.2 Å². The number of hydrogen-bond acceptors (Lipinski definition) is 6. The minimum atomic E-state index is -3.96. The van der Waals surface area contributed by atoms with Crippen molar-refractivity contribution in [1.29, 1.82) is 0 Å². The van der Waals surface area contributed by atoms with Gasteiger partial charge in [0, 0.05) is 58.1 Å². The van der Waals surface area contributed by atoms with Gasteiger partial charge in [-0.05, 0) is 19.1 Å². The van der Waals surface area contributed by atoms with Gasteiger partial charge >= 0.3 is 0 Å². The molecule has 0 atom stereocenters. The highest BCUT2D eigenvalue weighted by Crippen LogP contribution is 2.22. The second-order valence-electron chi connectivity index (χ2n) is 6.56. The Morgan fingerprint density at radius 3 is 2.11 bits per heavy atom. The lowest BCUT2D eigenvalue weighted by Gasteiger charge is -2.34. The van der Waals surface area contributed by atoms with Crippen LogP contribution in [0.3, 0.4) is 0 Å². The van der Waals surface area contributed by atoms with E-state index >= 15 is 0 Å². The van der Waals surface area contributed by atoms with E-state index in [0.29, 0.717) is 25.1 Å². The van der Waals surface area contributed by atoms with Crippen LogP contribution < -0.4 is 9.80 Å². The van der Waals surface area contributed by atoms with Gasteiger partial charge in [-0.2, -0.15) is 9.29 Å². The molecule has 0 unspecified atom stereocenters. The van der Waals surface area contributed by atoms with E-state index in [1.54, 1.807) is 0 Å². The van der Waals surface area contributed by atoms with Crippen molar-refractivity contribution < 1.29 is 17.2 Å². The Morgan fingerprint density at radius 2 is 1.56 bits per heavy atom. The van der Waals surface area contributed by atoms with E-state index in [9.17, 15) is 17.2 Å². The molecule has 1 fully saturated rings. The number of anilines is 2. The summed E-state index contributed by atoms with van der Waals surface area (Å²) in [7, 11) is -0.199. The molecule has 0 bridgehead atoms. The quantitative estimate of drug-likeness (QED) is 0.781. The molecule has 1 aliphatic rings. The molecule has 0 amide bonds. The summed E-state index contributed by atoms with van der Waals surface area (Å²) in [6.07, 6.45) is 0. The summed E-state index contributed by atoms with van der Waals surface area (Å²) in [4.78, 5) is 12.3. The number of nitrogens with zero attached hydrogens (tertiary/aromatic N) is 5. The van der Waals surface area contributed by atoms with Gasteiger partial charge in [0.15, 0.2) is 0 Å². The molecule has 2 aromatic rings. The Morgan fingerprint density at radius 1 is 0.963 bits per heavy atom. The SMILES string of the molecule is Cc1cc(N(C)C)nc(N2CCN(S(=O)(=O)c3cc(F)cc(F)c3)CC2)n1. The monoisotopic (exact) mass is 397 g/mol. The Labute approximate surface area is 157 Å². The lowest BCUT2D eigenvalue weighted by Crippen LogP contribution is -2.49. The van der Waals surface area contributed by atoms with Crippen LogP contribution >= 0.6 is 0 Å². The van der Waals surface area contributed by atoms with E-state index in [2.05, 4.69) is 9.97 Å². The maximum absolute atomic E-state index is 13.4. The Kier molecular flexibility index (Phi) is 5.29. The third kappa shape index (κ3) is 4.16. The second-order valence-corrected chi connectivity index (χ2v) is 8.50. The normalized spacial score (nSPS) is 15.8. The molecule has 0 N–H and O–H groups in total. The molecule has 146 valence electrons. The van der Waals surface area contributed by atoms with E-state index < -0.39 is 21.7 Å². The van der Waals surface area contributed by atoms with Crippen molar-refractivity contribution in [1.82, 2.24) is 14.3 Å². The van der Waals surface area contributed by atoms with E-state index in [4.69, 9.17) is 0 Å². The van der Waals surface area contributed by atoms with Crippen molar-refractivity contribution in [3.05, 3.63) is 41.6 Å². The third-order valence-electron chi connectivity index (χ3n) is 4.28. The number of piperazine rings is 1. The maximum atomic E-state index is 13.4. The predicted molar refractivity (Wildman–Crippen MR) is 98.4 cm³/mol. The number of halogens is 2. The fraction of sp³-hybridized carbons (Fsp3) is 0.412. The Bertz CT molecular complexity index is 924. The first-order valence-corrected chi connectivity index (χ1v) is 9.85. The molecule has 27 heavy (non-hydrogen) atoms. The van der Waals surface area contributed by atoms with Crippen molar-refractivity contribution in [2.75, 3.05) is 50.1 Å². The van der Waals surface area contributed by atoms with Crippen molar-refractivity contribution in [3.63, 3.8) is 0 Å². The molecule has 1 aromatic carbocycles. The minimum absolute atomic E-state index is 0.176. The molecule has 0 spiro atoms. The van der Waals surface area contributed by atoms with Crippen LogP contribution in [0.5, 0.6) is 0 Å². The highest BCUT2D eigenvalue weighted by atomic mass is 32.2. The van der Waals surface area contributed by atoms with Crippen LogP contribution in [0.1, 0.15) is 5.69 Å². The third-order valence-corrected chi connectivity index (χ3v) is 6.16. The van der Waals surface area contributed by atoms with Gasteiger partial charge in [0.1, 0.15) is 17.5 Å². The van der Waals surface area contributed by atoms with Crippen molar-refractivity contribution in [2.24, 2.45) is 0 Å². The first-order chi connectivity index (χ1) is 12.7. The zero-order chi connectivity index (χ0) is 19.8. The van der Waals surface area contributed by atoms with Gasteiger partial charge in [0.05, 0.1) is 4.90 Å². The number of benzene rings is 1. The molecular weight excluding hydrogens is 376 g/mol. The average Bonchev–Trinajstić information content (AvgIpc) is 2.60. The minimum Gasteiger partial charge on any atom is -0.363 e. The Hall–Kier alpha value is -2.33. The van der Waals surface area contributed by atoms with Crippen LogP contribution in [0.25, 0.3) is 0 Å². The van der Waals surface area contributed by atoms with E-state index in [-0.39, 0.29) is 18.0 Å². The summed E-state index contributed by atoms with van der Waals surface area (Å²) >= 11 is 0. The van der Waals surface area contributed by atoms with Crippen LogP contribution in [0.4, 0.5) is 20.5 Å². The first-order valence-electron chi connectivity index (χ1n) is 8.41. The fourth-order valence-corrected chi connectivity index (χ4v) is 4.33. The van der Waals surface area contributed by atoms with Crippen LogP contribution in [0.2, 0.25) is 0 Å². The summed E-state index contributed by atoms with van der Waals surface area (Å²) in [5.74, 6) is -0.538. The van der Waals surface area contributed by atoms with Gasteiger partial charge in [-0.15, -0.1) is 0 Å². The number of sulfonamides is 1. The standard InChI is InChI=1S/C17H21F2N5O2S/c1-12-8-16(22(2)3)21-17(20-12)23-4-6-24(7-5-23)27(25,26)15-10-13(18)9-14(19)11-15/h8-11H,4-7H2,1-3H3. The highest BCUT2D eigenvalue weighted by molar-refractivity contribution is 7.89. The van der Waals surface area contributed by atoms with Gasteiger partial charge in [0.2, 0.25) is 16.0 Å². The predicted octanol–water partition coefficient (Wildman–Crippen LogP) is 1.64. The molecule has 7 nitrogen and oxygen atoms in total. The molecule has 1 aliphatic heterocycles. The van der Waals surface area contributed by atoms with Gasteiger partial charge in [-0.3, -0.25) is 0 Å². The zero-order valence-corrected chi connectivity index (χ0v) is 16.2. The van der Waals surface area contributed by atoms with Gasteiger partial charge in [-0.1, -0.05) is 0 Å². The number of aryl methyl sites for hydroxylation is 1. The summed E-state index contributed by atoms with van der Waals surface area (Å²) < 4.78 is 53.4. The van der Waals surface area contributed by atoms with Gasteiger partial charge in [0.25, 0.3) is 0 Å². The summed E-state index contributed by atoms with van der Waals surface area (Å²) in [5.41, 5.74) is 0.814. The van der Waals surface area contributed by atoms with E-state index in [0.717, 1.165) is 23.6 Å². The maximum Gasteiger partial charge on any atom is 0.243 e. The summed E-state index contributed by atoms with van der Waals surface area (Å²) in [6, 6.07) is 4.17. The van der Waals surface area contributed by atoms with Crippen LogP contribution in [-0.2, 0) is 10.0 Å². The molecule has 1 aromatic heterocycles. The zero-order valence-electron chi connectivity index (χ0n) is 15.4. The number of aromatic nitrogens is 2. The molecule has 2 heterocycles. The lowest BCUT2D eigenvalue weighted by molar-refractivity contribution is 0.382. The van der Waals surface area contributed by atoms with Crippen molar-refractivity contribution >= 4 is 21.8 Å². The summed E-state index contributed by atoms with van der Waals surface area (Å²) in [6.45, 7) is 2.99. The van der Waals surface area contributed by atoms with Crippen LogP contribution in [0, 0.1) is 18.6 Å². The molecular formula is C17H21F2N5O2S. The molecule has 1 saturated heterocycles. The second kappa shape index (κ2) is 7.35. The topological polar surface area (TPSA) is 69.6 Å². The first kappa shape index (κ1) is 19.4. The lowest BCUT2D eigenvalue weighted by atomic mass is 10.3. The van der Waals surface area contributed by atoms with Crippen LogP contribution in [-0.4, -0.2) is 63.0 Å².